The first-order chi connectivity index (χ1) is 16.3. The molecule has 2 heterocycles. The molecule has 0 radical (unpaired) electrons. The zero-order chi connectivity index (χ0) is 24.4. The normalized spacial score (nSPS) is 15.8. The van der Waals surface area contributed by atoms with Crippen LogP contribution in [0.5, 0.6) is 5.75 Å². The van der Waals surface area contributed by atoms with Crippen molar-refractivity contribution in [2.45, 2.75) is 46.8 Å². The van der Waals surface area contributed by atoms with Crippen LogP contribution in [0.1, 0.15) is 50.4 Å². The number of rotatable bonds is 6. The molecule has 0 fully saturated rings. The van der Waals surface area contributed by atoms with E-state index in [1.807, 2.05) is 75.4 Å². The summed E-state index contributed by atoms with van der Waals surface area (Å²) in [6, 6.07) is 14.8. The lowest BCUT2D eigenvalue weighted by Crippen LogP contribution is -2.40. The molecule has 1 aliphatic rings. The molecular weight excluding hydrogens is 448 g/mol. The fourth-order valence-corrected chi connectivity index (χ4v) is 5.11. The molecule has 0 saturated carbocycles. The van der Waals surface area contributed by atoms with Crippen LogP contribution in [0.15, 0.2) is 69.6 Å². The molecule has 2 aromatic carbocycles. The zero-order valence-electron chi connectivity index (χ0n) is 20.0. The Bertz CT molecular complexity index is 1450. The van der Waals surface area contributed by atoms with Crippen LogP contribution in [0.25, 0.3) is 6.08 Å². The lowest BCUT2D eigenvalue weighted by atomic mass is 9.95. The summed E-state index contributed by atoms with van der Waals surface area (Å²) in [5.41, 5.74) is 3.44. The second-order valence-electron chi connectivity index (χ2n) is 8.42. The summed E-state index contributed by atoms with van der Waals surface area (Å²) in [7, 11) is 0. The van der Waals surface area contributed by atoms with E-state index in [0.29, 0.717) is 26.4 Å². The molecule has 7 heteroatoms. The predicted octanol–water partition coefficient (Wildman–Crippen LogP) is 3.89. The third-order valence-corrected chi connectivity index (χ3v) is 6.42. The molecule has 0 N–H and O–H groups in total. The van der Waals surface area contributed by atoms with Crippen molar-refractivity contribution in [3.8, 4) is 5.75 Å². The summed E-state index contributed by atoms with van der Waals surface area (Å²) in [5, 5.41) is 0. The Morgan fingerprint density at radius 3 is 2.65 bits per heavy atom. The van der Waals surface area contributed by atoms with E-state index in [1.165, 1.54) is 11.3 Å². The lowest BCUT2D eigenvalue weighted by molar-refractivity contribution is -0.139. The quantitative estimate of drug-likeness (QED) is 0.506. The van der Waals surface area contributed by atoms with Crippen LogP contribution >= 0.6 is 11.3 Å². The number of para-hydroxylation sites is 1. The van der Waals surface area contributed by atoms with Crippen molar-refractivity contribution in [3.05, 3.63) is 96.2 Å². The van der Waals surface area contributed by atoms with Gasteiger partial charge in [-0.2, -0.15) is 0 Å². The number of hydrogen-bond acceptors (Lipinski definition) is 6. The SMILES string of the molecule is CCOC(=O)C1=C(C)N=c2s/c(=C/c3cccc(C)c3)c(=O)n2[C@@H]1c1ccccc1OC(C)C. The fraction of sp³-hybridized carbons (Fsp3) is 0.296. The monoisotopic (exact) mass is 476 g/mol. The van der Waals surface area contributed by atoms with Crippen LogP contribution in [-0.2, 0) is 9.53 Å². The highest BCUT2D eigenvalue weighted by atomic mass is 32.1. The minimum absolute atomic E-state index is 0.0746. The number of thiazole rings is 1. The molecule has 1 atom stereocenters. The van der Waals surface area contributed by atoms with Gasteiger partial charge >= 0.3 is 5.97 Å². The van der Waals surface area contributed by atoms with Gasteiger partial charge in [-0.1, -0.05) is 59.4 Å². The molecule has 176 valence electrons. The van der Waals surface area contributed by atoms with E-state index in [-0.39, 0.29) is 18.3 Å². The summed E-state index contributed by atoms with van der Waals surface area (Å²) in [6.45, 7) is 9.66. The predicted molar refractivity (Wildman–Crippen MR) is 134 cm³/mol. The van der Waals surface area contributed by atoms with E-state index in [4.69, 9.17) is 9.47 Å². The molecule has 1 aromatic heterocycles. The van der Waals surface area contributed by atoms with Gasteiger partial charge in [-0.3, -0.25) is 9.36 Å². The van der Waals surface area contributed by atoms with Crippen molar-refractivity contribution in [1.82, 2.24) is 4.57 Å². The van der Waals surface area contributed by atoms with Gasteiger partial charge in [-0.15, -0.1) is 0 Å². The minimum atomic E-state index is -0.704. The maximum Gasteiger partial charge on any atom is 0.338 e. The summed E-state index contributed by atoms with van der Waals surface area (Å²) in [4.78, 5) is 32.0. The van der Waals surface area contributed by atoms with Gasteiger partial charge < -0.3 is 9.47 Å². The third kappa shape index (κ3) is 4.61. The van der Waals surface area contributed by atoms with E-state index >= 15 is 0 Å². The van der Waals surface area contributed by atoms with Gasteiger partial charge in [0.2, 0.25) is 0 Å². The topological polar surface area (TPSA) is 69.9 Å². The highest BCUT2D eigenvalue weighted by Gasteiger charge is 2.35. The van der Waals surface area contributed by atoms with Crippen molar-refractivity contribution >= 4 is 23.4 Å². The molecule has 0 spiro atoms. The fourth-order valence-electron chi connectivity index (χ4n) is 4.06. The van der Waals surface area contributed by atoms with Gasteiger partial charge in [-0.05, 0) is 52.3 Å². The number of aryl methyl sites for hydroxylation is 1. The summed E-state index contributed by atoms with van der Waals surface area (Å²) in [5.74, 6) is 0.133. The van der Waals surface area contributed by atoms with Crippen molar-refractivity contribution < 1.29 is 14.3 Å². The Morgan fingerprint density at radius 1 is 1.18 bits per heavy atom. The number of ether oxygens (including phenoxy) is 2. The smallest absolute Gasteiger partial charge is 0.338 e. The average molecular weight is 477 g/mol. The molecule has 3 aromatic rings. The van der Waals surface area contributed by atoms with Gasteiger partial charge in [0.05, 0.1) is 28.5 Å². The first kappa shape index (κ1) is 23.7. The second kappa shape index (κ2) is 9.81. The number of allylic oxidation sites excluding steroid dienone is 1. The van der Waals surface area contributed by atoms with E-state index < -0.39 is 12.0 Å². The molecule has 34 heavy (non-hydrogen) atoms. The first-order valence-electron chi connectivity index (χ1n) is 11.3. The van der Waals surface area contributed by atoms with Crippen molar-refractivity contribution in [2.75, 3.05) is 6.61 Å². The largest absolute Gasteiger partial charge is 0.491 e. The van der Waals surface area contributed by atoms with Crippen LogP contribution < -0.4 is 19.6 Å². The Kier molecular flexibility index (Phi) is 6.84. The number of benzene rings is 2. The number of carbonyl (C=O) groups excluding carboxylic acids is 1. The molecule has 6 nitrogen and oxygen atoms in total. The second-order valence-corrected chi connectivity index (χ2v) is 9.43. The van der Waals surface area contributed by atoms with E-state index in [9.17, 15) is 9.59 Å². The summed E-state index contributed by atoms with van der Waals surface area (Å²) >= 11 is 1.31. The molecular formula is C27H28N2O4S. The van der Waals surface area contributed by atoms with Crippen LogP contribution in [0.3, 0.4) is 0 Å². The standard InChI is InChI=1S/C27H28N2O4S/c1-6-32-26(31)23-18(5)28-27-29(24(23)20-12-7-8-13-21(20)33-16(2)3)25(30)22(34-27)15-19-11-9-10-17(4)14-19/h7-16,24H,6H2,1-5H3/b22-15+/t24-/m1/s1. The van der Waals surface area contributed by atoms with Crippen molar-refractivity contribution in [1.29, 1.82) is 0 Å². The van der Waals surface area contributed by atoms with Crippen molar-refractivity contribution in [3.63, 3.8) is 0 Å². The van der Waals surface area contributed by atoms with Crippen LogP contribution in [-0.4, -0.2) is 23.2 Å². The van der Waals surface area contributed by atoms with Crippen LogP contribution in [0.4, 0.5) is 0 Å². The number of aromatic nitrogens is 1. The first-order valence-corrected chi connectivity index (χ1v) is 12.1. The highest BCUT2D eigenvalue weighted by Crippen LogP contribution is 2.36. The third-order valence-electron chi connectivity index (χ3n) is 5.43. The van der Waals surface area contributed by atoms with Gasteiger partial charge in [0.1, 0.15) is 11.8 Å². The molecule has 0 saturated heterocycles. The van der Waals surface area contributed by atoms with Gasteiger partial charge in [0, 0.05) is 5.56 Å². The summed E-state index contributed by atoms with van der Waals surface area (Å²) < 4.78 is 13.6. The van der Waals surface area contributed by atoms with Gasteiger partial charge in [-0.25, -0.2) is 9.79 Å². The number of nitrogens with zero attached hydrogens (tertiary/aromatic N) is 2. The maximum atomic E-state index is 13.7. The summed E-state index contributed by atoms with van der Waals surface area (Å²) in [6.07, 6.45) is 1.79. The Hall–Kier alpha value is -3.45. The Morgan fingerprint density at radius 2 is 1.94 bits per heavy atom. The number of carbonyl (C=O) groups is 1. The molecule has 0 bridgehead atoms. The van der Waals surface area contributed by atoms with E-state index in [0.717, 1.165) is 16.7 Å². The molecule has 0 amide bonds. The van der Waals surface area contributed by atoms with Crippen molar-refractivity contribution in [2.24, 2.45) is 4.99 Å². The lowest BCUT2D eigenvalue weighted by Gasteiger charge is -2.26. The molecule has 0 unspecified atom stereocenters. The number of esters is 1. The number of hydrogen-bond donors (Lipinski definition) is 0. The van der Waals surface area contributed by atoms with Crippen LogP contribution in [0, 0.1) is 6.92 Å². The van der Waals surface area contributed by atoms with Gasteiger partial charge in [0.15, 0.2) is 4.80 Å². The molecule has 0 aliphatic carbocycles. The average Bonchev–Trinajstić information content (AvgIpc) is 3.07. The molecule has 1 aliphatic heterocycles. The van der Waals surface area contributed by atoms with E-state index in [1.54, 1.807) is 18.4 Å². The highest BCUT2D eigenvalue weighted by molar-refractivity contribution is 7.07. The zero-order valence-corrected chi connectivity index (χ0v) is 20.8. The van der Waals surface area contributed by atoms with Crippen LogP contribution in [0.2, 0.25) is 0 Å². The number of fused-ring (bicyclic) bond motifs is 1. The molecule has 4 rings (SSSR count). The maximum absolute atomic E-state index is 13.7. The van der Waals surface area contributed by atoms with E-state index in [2.05, 4.69) is 4.99 Å². The Labute approximate surface area is 202 Å². The Balaban J connectivity index is 1.99. The van der Waals surface area contributed by atoms with Gasteiger partial charge in [0.25, 0.3) is 5.56 Å². The minimum Gasteiger partial charge on any atom is -0.491 e.